The molecule has 0 radical (unpaired) electrons. The topological polar surface area (TPSA) is 59.7 Å². The summed E-state index contributed by atoms with van der Waals surface area (Å²) in [4.78, 5) is 11.2. The third-order valence-electron chi connectivity index (χ3n) is 2.48. The van der Waals surface area contributed by atoms with Crippen molar-refractivity contribution in [1.29, 1.82) is 0 Å². The van der Waals surface area contributed by atoms with Crippen molar-refractivity contribution in [2.75, 3.05) is 13.2 Å². The van der Waals surface area contributed by atoms with Crippen LogP contribution in [-0.2, 0) is 14.9 Å². The second-order valence-corrected chi connectivity index (χ2v) is 3.67. The van der Waals surface area contributed by atoms with Crippen LogP contribution in [-0.4, -0.2) is 24.3 Å². The number of rotatable bonds is 2. The van der Waals surface area contributed by atoms with Gasteiger partial charge >= 0.3 is 5.97 Å². The molecule has 1 aromatic rings. The van der Waals surface area contributed by atoms with E-state index in [2.05, 4.69) is 0 Å². The van der Waals surface area contributed by atoms with Gasteiger partial charge in [0, 0.05) is 6.61 Å². The van der Waals surface area contributed by atoms with E-state index in [0.717, 1.165) is 0 Å². The minimum Gasteiger partial charge on any atom is -0.480 e. The maximum atomic E-state index is 11.2. The summed E-state index contributed by atoms with van der Waals surface area (Å²) in [7, 11) is 0. The van der Waals surface area contributed by atoms with Crippen LogP contribution in [0.15, 0.2) is 16.5 Å². The van der Waals surface area contributed by atoms with E-state index >= 15 is 0 Å². The zero-order valence-corrected chi connectivity index (χ0v) is 8.08. The lowest BCUT2D eigenvalue weighted by atomic mass is 9.85. The third kappa shape index (κ3) is 1.31. The van der Waals surface area contributed by atoms with Gasteiger partial charge in [-0.15, -0.1) is 0 Å². The third-order valence-corrected chi connectivity index (χ3v) is 2.68. The van der Waals surface area contributed by atoms with Crippen molar-refractivity contribution in [1.82, 2.24) is 0 Å². The second-order valence-electron chi connectivity index (χ2n) is 3.29. The molecule has 0 saturated carbocycles. The van der Waals surface area contributed by atoms with Crippen LogP contribution in [0.5, 0.6) is 0 Å². The molecule has 14 heavy (non-hydrogen) atoms. The van der Waals surface area contributed by atoms with Crippen LogP contribution in [0.25, 0.3) is 0 Å². The standard InChI is InChI=1S/C9H9ClO4/c10-7-2-1-6(14-7)9(8(11)12)3-4-13-5-9/h1-2H,3-5H2,(H,11,12). The molecule has 4 nitrogen and oxygen atoms in total. The number of hydrogen-bond donors (Lipinski definition) is 1. The Morgan fingerprint density at radius 2 is 2.36 bits per heavy atom. The number of carboxylic acid groups (broad SMARTS) is 1. The summed E-state index contributed by atoms with van der Waals surface area (Å²) in [5.41, 5.74) is -1.05. The molecule has 0 aromatic carbocycles. The first-order valence-corrected chi connectivity index (χ1v) is 4.60. The maximum Gasteiger partial charge on any atom is 0.319 e. The van der Waals surface area contributed by atoms with Gasteiger partial charge in [0.2, 0.25) is 0 Å². The van der Waals surface area contributed by atoms with E-state index < -0.39 is 11.4 Å². The van der Waals surface area contributed by atoms with Gasteiger partial charge in [-0.3, -0.25) is 4.79 Å². The van der Waals surface area contributed by atoms with Gasteiger partial charge in [-0.2, -0.15) is 0 Å². The van der Waals surface area contributed by atoms with Crippen LogP contribution in [0.2, 0.25) is 5.22 Å². The fourth-order valence-electron chi connectivity index (χ4n) is 1.60. The Kier molecular flexibility index (Phi) is 2.25. The van der Waals surface area contributed by atoms with Gasteiger partial charge in [-0.05, 0) is 30.2 Å². The highest BCUT2D eigenvalue weighted by Crippen LogP contribution is 2.35. The first kappa shape index (κ1) is 9.55. The molecule has 5 heteroatoms. The van der Waals surface area contributed by atoms with Crippen LogP contribution in [0.4, 0.5) is 0 Å². The van der Waals surface area contributed by atoms with E-state index in [0.29, 0.717) is 18.8 Å². The van der Waals surface area contributed by atoms with Crippen molar-refractivity contribution >= 4 is 17.6 Å². The summed E-state index contributed by atoms with van der Waals surface area (Å²) >= 11 is 5.61. The Labute approximate surface area is 85.4 Å². The molecule has 0 aliphatic carbocycles. The van der Waals surface area contributed by atoms with Gasteiger partial charge in [0.05, 0.1) is 6.61 Å². The Hall–Kier alpha value is -1.00. The number of aliphatic carboxylic acids is 1. The largest absolute Gasteiger partial charge is 0.480 e. The average molecular weight is 217 g/mol. The lowest BCUT2D eigenvalue weighted by Gasteiger charge is -2.18. The minimum atomic E-state index is -1.05. The molecule has 1 atom stereocenters. The monoisotopic (exact) mass is 216 g/mol. The van der Waals surface area contributed by atoms with Crippen molar-refractivity contribution in [3.05, 3.63) is 23.1 Å². The van der Waals surface area contributed by atoms with Crippen LogP contribution < -0.4 is 0 Å². The highest BCUT2D eigenvalue weighted by atomic mass is 35.5. The predicted octanol–water partition coefficient (Wildman–Crippen LogP) is 1.68. The summed E-state index contributed by atoms with van der Waals surface area (Å²) < 4.78 is 10.2. The molecule has 1 saturated heterocycles. The molecule has 1 unspecified atom stereocenters. The van der Waals surface area contributed by atoms with Crippen LogP contribution in [0.1, 0.15) is 12.2 Å². The van der Waals surface area contributed by atoms with E-state index in [1.165, 1.54) is 0 Å². The second kappa shape index (κ2) is 3.29. The Bertz CT molecular complexity index is 351. The van der Waals surface area contributed by atoms with E-state index in [-0.39, 0.29) is 11.8 Å². The zero-order chi connectivity index (χ0) is 10.2. The number of furan rings is 1. The van der Waals surface area contributed by atoms with E-state index in [4.69, 9.17) is 25.9 Å². The van der Waals surface area contributed by atoms with Gasteiger partial charge in [0.15, 0.2) is 10.6 Å². The normalized spacial score (nSPS) is 26.6. The minimum absolute atomic E-state index is 0.145. The van der Waals surface area contributed by atoms with Crippen LogP contribution >= 0.6 is 11.6 Å². The van der Waals surface area contributed by atoms with Gasteiger partial charge in [0.1, 0.15) is 5.76 Å². The van der Waals surface area contributed by atoms with E-state index in [1.54, 1.807) is 12.1 Å². The Balaban J connectivity index is 2.41. The summed E-state index contributed by atoms with van der Waals surface area (Å²) in [6, 6.07) is 3.13. The van der Waals surface area contributed by atoms with E-state index in [9.17, 15) is 4.79 Å². The number of halogens is 1. The number of hydrogen-bond acceptors (Lipinski definition) is 3. The highest BCUT2D eigenvalue weighted by molar-refractivity contribution is 6.28. The highest BCUT2D eigenvalue weighted by Gasteiger charge is 2.46. The van der Waals surface area contributed by atoms with Crippen LogP contribution in [0, 0.1) is 0 Å². The number of carboxylic acids is 1. The molecule has 1 aliphatic rings. The van der Waals surface area contributed by atoms with Gasteiger partial charge in [0.25, 0.3) is 0 Å². The molecule has 1 N–H and O–H groups in total. The Morgan fingerprint density at radius 3 is 2.79 bits per heavy atom. The fourth-order valence-corrected chi connectivity index (χ4v) is 1.75. The molecule has 0 amide bonds. The molecule has 2 heterocycles. The number of carbonyl (C=O) groups is 1. The fraction of sp³-hybridized carbons (Fsp3) is 0.444. The molecule has 1 fully saturated rings. The predicted molar refractivity (Wildman–Crippen MR) is 48.5 cm³/mol. The molecule has 1 aromatic heterocycles. The summed E-state index contributed by atoms with van der Waals surface area (Å²) in [6.07, 6.45) is 0.423. The quantitative estimate of drug-likeness (QED) is 0.817. The molecular formula is C9H9ClO4. The van der Waals surface area contributed by atoms with Crippen molar-refractivity contribution in [2.45, 2.75) is 11.8 Å². The molecule has 76 valence electrons. The van der Waals surface area contributed by atoms with Gasteiger partial charge in [-0.25, -0.2) is 0 Å². The lowest BCUT2D eigenvalue weighted by Crippen LogP contribution is -2.35. The van der Waals surface area contributed by atoms with Crippen molar-refractivity contribution < 1.29 is 19.1 Å². The molecule has 2 rings (SSSR count). The van der Waals surface area contributed by atoms with Crippen LogP contribution in [0.3, 0.4) is 0 Å². The first-order chi connectivity index (χ1) is 6.65. The van der Waals surface area contributed by atoms with Crippen molar-refractivity contribution in [3.8, 4) is 0 Å². The summed E-state index contributed by atoms with van der Waals surface area (Å²) in [6.45, 7) is 0.580. The van der Waals surface area contributed by atoms with Crippen molar-refractivity contribution in [3.63, 3.8) is 0 Å². The lowest BCUT2D eigenvalue weighted by molar-refractivity contribution is -0.144. The molecule has 0 bridgehead atoms. The summed E-state index contributed by atoms with van der Waals surface area (Å²) in [5, 5.41) is 9.34. The summed E-state index contributed by atoms with van der Waals surface area (Å²) in [5.74, 6) is -0.562. The maximum absolute atomic E-state index is 11.2. The molecule has 0 spiro atoms. The smallest absolute Gasteiger partial charge is 0.319 e. The molecule has 1 aliphatic heterocycles. The van der Waals surface area contributed by atoms with E-state index in [1.807, 2.05) is 0 Å². The van der Waals surface area contributed by atoms with Gasteiger partial charge < -0.3 is 14.3 Å². The van der Waals surface area contributed by atoms with Crippen molar-refractivity contribution in [2.24, 2.45) is 0 Å². The Morgan fingerprint density at radius 1 is 1.57 bits per heavy atom. The SMILES string of the molecule is O=C(O)C1(c2ccc(Cl)o2)CCOC1. The number of ether oxygens (including phenoxy) is 1. The molecular weight excluding hydrogens is 208 g/mol. The van der Waals surface area contributed by atoms with Gasteiger partial charge in [-0.1, -0.05) is 0 Å². The zero-order valence-electron chi connectivity index (χ0n) is 7.33. The first-order valence-electron chi connectivity index (χ1n) is 4.22. The average Bonchev–Trinajstić information content (AvgIpc) is 2.71.